The predicted molar refractivity (Wildman–Crippen MR) is 54.8 cm³/mol. The number of hydrogen-bond donors (Lipinski definition) is 0. The van der Waals surface area contributed by atoms with E-state index in [9.17, 15) is 4.79 Å². The van der Waals surface area contributed by atoms with E-state index in [-0.39, 0.29) is 0 Å². The molecule has 0 fully saturated rings. The Balaban J connectivity index is 2.92. The highest BCUT2D eigenvalue weighted by atomic mass is 79.9. The summed E-state index contributed by atoms with van der Waals surface area (Å²) < 4.78 is 5.89. The van der Waals surface area contributed by atoms with E-state index in [4.69, 9.17) is 16.3 Å². The molecule has 0 N–H and O–H groups in total. The molecule has 1 aromatic rings. The Kier molecular flexibility index (Phi) is 3.90. The highest BCUT2D eigenvalue weighted by Gasteiger charge is 2.16. The van der Waals surface area contributed by atoms with Crippen LogP contribution in [-0.4, -0.2) is 12.4 Å². The van der Waals surface area contributed by atoms with Gasteiger partial charge in [-0.25, -0.2) is 0 Å². The quantitative estimate of drug-likeness (QED) is 0.784. The van der Waals surface area contributed by atoms with Gasteiger partial charge in [-0.2, -0.15) is 0 Å². The van der Waals surface area contributed by atoms with Crippen LogP contribution in [0.3, 0.4) is 0 Å². The van der Waals surface area contributed by atoms with Gasteiger partial charge >= 0.3 is 0 Å². The molecule has 0 saturated heterocycles. The van der Waals surface area contributed by atoms with Gasteiger partial charge in [0.25, 0.3) is 5.24 Å². The Morgan fingerprint density at radius 3 is 2.38 bits per heavy atom. The predicted octanol–water partition coefficient (Wildman–Crippen LogP) is 2.90. The van der Waals surface area contributed by atoms with Gasteiger partial charge in [0.05, 0.1) is 0 Å². The summed E-state index contributed by atoms with van der Waals surface area (Å²) in [5, 5.41) is -0.509. The second-order valence-corrected chi connectivity index (χ2v) is 3.76. The summed E-state index contributed by atoms with van der Waals surface area (Å²) in [4.78, 5) is 10.9. The fourth-order valence-electron chi connectivity index (χ4n) is 0.997. The summed E-state index contributed by atoms with van der Waals surface area (Å²) in [6.45, 7) is 0. The minimum Gasteiger partial charge on any atom is -0.368 e. The van der Waals surface area contributed by atoms with Gasteiger partial charge in [-0.05, 0) is 29.3 Å². The third-order valence-electron chi connectivity index (χ3n) is 1.61. The van der Waals surface area contributed by atoms with Gasteiger partial charge in [0.2, 0.25) is 0 Å². The van der Waals surface area contributed by atoms with Crippen LogP contribution in [0, 0.1) is 0 Å². The van der Waals surface area contributed by atoms with Crippen LogP contribution in [0.15, 0.2) is 28.7 Å². The van der Waals surface area contributed by atoms with E-state index in [2.05, 4.69) is 15.9 Å². The summed E-state index contributed by atoms with van der Waals surface area (Å²) in [5.41, 5.74) is 0.755. The average molecular weight is 264 g/mol. The molecule has 0 heterocycles. The van der Waals surface area contributed by atoms with Gasteiger partial charge in [0.15, 0.2) is 6.10 Å². The molecule has 70 valence electrons. The molecule has 0 bridgehead atoms. The minimum atomic E-state index is -0.672. The summed E-state index contributed by atoms with van der Waals surface area (Å²) >= 11 is 8.64. The second-order valence-electron chi connectivity index (χ2n) is 2.47. The molecule has 1 atom stereocenters. The van der Waals surface area contributed by atoms with Crippen molar-refractivity contribution in [2.24, 2.45) is 0 Å². The smallest absolute Gasteiger partial charge is 0.255 e. The van der Waals surface area contributed by atoms with Crippen LogP contribution in [0.2, 0.25) is 0 Å². The number of rotatable bonds is 3. The topological polar surface area (TPSA) is 26.3 Å². The van der Waals surface area contributed by atoms with Crippen molar-refractivity contribution >= 4 is 32.8 Å². The van der Waals surface area contributed by atoms with E-state index < -0.39 is 11.3 Å². The number of ether oxygens (including phenoxy) is 1. The molecule has 0 aliphatic heterocycles. The van der Waals surface area contributed by atoms with Crippen LogP contribution in [0.4, 0.5) is 0 Å². The van der Waals surface area contributed by atoms with Crippen molar-refractivity contribution in [3.63, 3.8) is 0 Å². The fourth-order valence-corrected chi connectivity index (χ4v) is 1.48. The Morgan fingerprint density at radius 1 is 1.46 bits per heavy atom. The molecule has 1 aromatic carbocycles. The number of benzene rings is 1. The molecule has 0 radical (unpaired) electrons. The highest BCUT2D eigenvalue weighted by Crippen LogP contribution is 2.21. The van der Waals surface area contributed by atoms with E-state index in [0.29, 0.717) is 0 Å². The molecule has 0 aliphatic carbocycles. The third-order valence-corrected chi connectivity index (χ3v) is 2.34. The van der Waals surface area contributed by atoms with Crippen molar-refractivity contribution in [2.45, 2.75) is 6.10 Å². The zero-order chi connectivity index (χ0) is 9.84. The molecule has 1 rings (SSSR count). The third kappa shape index (κ3) is 2.79. The molecule has 13 heavy (non-hydrogen) atoms. The van der Waals surface area contributed by atoms with Crippen molar-refractivity contribution in [1.82, 2.24) is 0 Å². The maximum atomic E-state index is 10.9. The number of halogens is 2. The first-order valence-corrected chi connectivity index (χ1v) is 4.80. The lowest BCUT2D eigenvalue weighted by molar-refractivity contribution is -0.121. The van der Waals surface area contributed by atoms with Crippen LogP contribution >= 0.6 is 27.5 Å². The normalized spacial score (nSPS) is 12.5. The van der Waals surface area contributed by atoms with E-state index in [1.807, 2.05) is 12.1 Å². The van der Waals surface area contributed by atoms with Crippen molar-refractivity contribution in [3.8, 4) is 0 Å². The molecular formula is C9H8BrClO2. The standard InChI is InChI=1S/C9H8BrClO2/c1-13-8(9(11)12)6-2-4-7(10)5-3-6/h2-5,8H,1H3. The van der Waals surface area contributed by atoms with Crippen molar-refractivity contribution < 1.29 is 9.53 Å². The average Bonchev–Trinajstić information content (AvgIpc) is 2.09. The van der Waals surface area contributed by atoms with Gasteiger partial charge in [-0.3, -0.25) is 4.79 Å². The first-order valence-electron chi connectivity index (χ1n) is 3.62. The summed E-state index contributed by atoms with van der Waals surface area (Å²) in [5.74, 6) is 0. The lowest BCUT2D eigenvalue weighted by Gasteiger charge is -2.10. The summed E-state index contributed by atoms with van der Waals surface area (Å²) in [6.07, 6.45) is -0.672. The monoisotopic (exact) mass is 262 g/mol. The van der Waals surface area contributed by atoms with Crippen molar-refractivity contribution in [1.29, 1.82) is 0 Å². The Bertz CT molecular complexity index is 297. The minimum absolute atomic E-state index is 0.509. The summed E-state index contributed by atoms with van der Waals surface area (Å²) in [6, 6.07) is 7.25. The van der Waals surface area contributed by atoms with E-state index in [0.717, 1.165) is 10.0 Å². The molecule has 2 nitrogen and oxygen atoms in total. The molecule has 0 aliphatic rings. The molecular weight excluding hydrogens is 255 g/mol. The Hall–Kier alpha value is -0.380. The first-order chi connectivity index (χ1) is 6.15. The Labute approximate surface area is 90.0 Å². The maximum absolute atomic E-state index is 10.9. The highest BCUT2D eigenvalue weighted by molar-refractivity contribution is 9.10. The van der Waals surface area contributed by atoms with Gasteiger partial charge < -0.3 is 4.74 Å². The van der Waals surface area contributed by atoms with Crippen LogP contribution < -0.4 is 0 Å². The van der Waals surface area contributed by atoms with Gasteiger partial charge in [0, 0.05) is 11.6 Å². The van der Waals surface area contributed by atoms with Crippen molar-refractivity contribution in [3.05, 3.63) is 34.3 Å². The van der Waals surface area contributed by atoms with Crippen LogP contribution in [-0.2, 0) is 9.53 Å². The van der Waals surface area contributed by atoms with Crippen LogP contribution in [0.1, 0.15) is 11.7 Å². The van der Waals surface area contributed by atoms with Crippen molar-refractivity contribution in [2.75, 3.05) is 7.11 Å². The molecule has 1 unspecified atom stereocenters. The van der Waals surface area contributed by atoms with E-state index in [1.165, 1.54) is 7.11 Å². The Morgan fingerprint density at radius 2 is 2.00 bits per heavy atom. The zero-order valence-corrected chi connectivity index (χ0v) is 9.30. The number of carbonyl (C=O) groups excluding carboxylic acids is 1. The van der Waals surface area contributed by atoms with Crippen LogP contribution in [0.25, 0.3) is 0 Å². The molecule has 0 spiro atoms. The fraction of sp³-hybridized carbons (Fsp3) is 0.222. The van der Waals surface area contributed by atoms with Gasteiger partial charge in [-0.15, -0.1) is 0 Å². The van der Waals surface area contributed by atoms with Crippen LogP contribution in [0.5, 0.6) is 0 Å². The van der Waals surface area contributed by atoms with E-state index in [1.54, 1.807) is 12.1 Å². The SMILES string of the molecule is COC(C(=O)Cl)c1ccc(Br)cc1. The van der Waals surface area contributed by atoms with Gasteiger partial charge in [0.1, 0.15) is 0 Å². The largest absolute Gasteiger partial charge is 0.368 e. The zero-order valence-electron chi connectivity index (χ0n) is 6.96. The molecule has 0 saturated carbocycles. The summed E-state index contributed by atoms with van der Waals surface area (Å²) in [7, 11) is 1.45. The maximum Gasteiger partial charge on any atom is 0.255 e. The lowest BCUT2D eigenvalue weighted by atomic mass is 10.1. The van der Waals surface area contributed by atoms with E-state index >= 15 is 0 Å². The first kappa shape index (κ1) is 10.7. The molecule has 0 aromatic heterocycles. The molecule has 0 amide bonds. The second kappa shape index (κ2) is 4.74. The molecule has 4 heteroatoms. The number of carbonyl (C=O) groups is 1. The van der Waals surface area contributed by atoms with Gasteiger partial charge in [-0.1, -0.05) is 28.1 Å². The number of methoxy groups -OCH3 is 1. The lowest BCUT2D eigenvalue weighted by Crippen LogP contribution is -2.08. The number of hydrogen-bond acceptors (Lipinski definition) is 2.